The van der Waals surface area contributed by atoms with Crippen molar-refractivity contribution in [2.45, 2.75) is 25.7 Å². The van der Waals surface area contributed by atoms with E-state index in [2.05, 4.69) is 32.3 Å². The highest BCUT2D eigenvalue weighted by Crippen LogP contribution is 2.32. The monoisotopic (exact) mass is 383 g/mol. The van der Waals surface area contributed by atoms with Crippen LogP contribution in [-0.2, 0) is 13.5 Å². The summed E-state index contributed by atoms with van der Waals surface area (Å²) < 4.78 is 3.70. The van der Waals surface area contributed by atoms with E-state index in [0.717, 1.165) is 57.0 Å². The lowest BCUT2D eigenvalue weighted by Crippen LogP contribution is -2.15. The SMILES string of the molecule is Cn1cc(-c2cnn3ccc(-c4c[nH]c5nc(CC6CCC6)ncc45)cc23)cn1. The molecule has 0 amide bonds. The van der Waals surface area contributed by atoms with E-state index >= 15 is 0 Å². The molecule has 0 spiro atoms. The molecule has 144 valence electrons. The predicted molar refractivity (Wildman–Crippen MR) is 111 cm³/mol. The van der Waals surface area contributed by atoms with E-state index in [-0.39, 0.29) is 0 Å². The van der Waals surface area contributed by atoms with E-state index in [1.54, 1.807) is 4.68 Å². The Morgan fingerprint density at radius 3 is 2.83 bits per heavy atom. The minimum Gasteiger partial charge on any atom is -0.345 e. The lowest BCUT2D eigenvalue weighted by Gasteiger charge is -2.24. The Morgan fingerprint density at radius 2 is 2.03 bits per heavy atom. The summed E-state index contributed by atoms with van der Waals surface area (Å²) in [6, 6.07) is 4.25. The highest BCUT2D eigenvalue weighted by molar-refractivity contribution is 5.94. The standard InChI is InChI=1S/C22H21N7/c1-28-13-16(9-25-28)18-12-26-29-6-5-15(8-20(18)29)17-10-24-22-19(17)11-23-21(27-22)7-14-3-2-4-14/h5-6,8-14H,2-4,7H2,1H3,(H,23,24,27). The molecule has 7 nitrogen and oxygen atoms in total. The van der Waals surface area contributed by atoms with Gasteiger partial charge in [-0.15, -0.1) is 0 Å². The fraction of sp³-hybridized carbons (Fsp3) is 0.273. The van der Waals surface area contributed by atoms with Gasteiger partial charge in [-0.2, -0.15) is 10.2 Å². The summed E-state index contributed by atoms with van der Waals surface area (Å²) in [7, 11) is 1.92. The first-order valence-corrected chi connectivity index (χ1v) is 10.0. The van der Waals surface area contributed by atoms with E-state index in [0.29, 0.717) is 0 Å². The summed E-state index contributed by atoms with van der Waals surface area (Å²) in [6.45, 7) is 0. The van der Waals surface area contributed by atoms with Gasteiger partial charge < -0.3 is 4.98 Å². The molecule has 5 aromatic rings. The second-order valence-electron chi connectivity index (χ2n) is 7.96. The summed E-state index contributed by atoms with van der Waals surface area (Å²) in [4.78, 5) is 12.8. The zero-order chi connectivity index (χ0) is 19.4. The van der Waals surface area contributed by atoms with Crippen molar-refractivity contribution in [1.29, 1.82) is 0 Å². The van der Waals surface area contributed by atoms with Crippen LogP contribution >= 0.6 is 0 Å². The van der Waals surface area contributed by atoms with Crippen LogP contribution in [0.15, 0.2) is 49.3 Å². The molecule has 0 aromatic carbocycles. The van der Waals surface area contributed by atoms with Crippen molar-refractivity contribution in [3.63, 3.8) is 0 Å². The molecule has 1 N–H and O–H groups in total. The van der Waals surface area contributed by atoms with Crippen molar-refractivity contribution in [2.24, 2.45) is 13.0 Å². The summed E-state index contributed by atoms with van der Waals surface area (Å²) in [5, 5.41) is 9.83. The third-order valence-electron chi connectivity index (χ3n) is 6.03. The van der Waals surface area contributed by atoms with Gasteiger partial charge in [-0.3, -0.25) is 4.68 Å². The van der Waals surface area contributed by atoms with Crippen LogP contribution in [0.3, 0.4) is 0 Å². The van der Waals surface area contributed by atoms with Crippen LogP contribution in [0.5, 0.6) is 0 Å². The van der Waals surface area contributed by atoms with Gasteiger partial charge in [-0.25, -0.2) is 14.5 Å². The smallest absolute Gasteiger partial charge is 0.141 e. The minimum atomic E-state index is 0.761. The summed E-state index contributed by atoms with van der Waals surface area (Å²) in [6.07, 6.45) is 16.7. The Kier molecular flexibility index (Phi) is 3.56. The molecule has 1 aliphatic rings. The molecule has 6 rings (SSSR count). The maximum Gasteiger partial charge on any atom is 0.141 e. The largest absolute Gasteiger partial charge is 0.345 e. The van der Waals surface area contributed by atoms with E-state index < -0.39 is 0 Å². The second kappa shape index (κ2) is 6.27. The Morgan fingerprint density at radius 1 is 1.10 bits per heavy atom. The lowest BCUT2D eigenvalue weighted by atomic mass is 9.83. The molecule has 0 bridgehead atoms. The van der Waals surface area contributed by atoms with Crippen LogP contribution < -0.4 is 0 Å². The molecule has 1 fully saturated rings. The van der Waals surface area contributed by atoms with Crippen LogP contribution in [0.2, 0.25) is 0 Å². The summed E-state index contributed by atoms with van der Waals surface area (Å²) >= 11 is 0. The molecule has 0 radical (unpaired) electrons. The Bertz CT molecular complexity index is 1340. The van der Waals surface area contributed by atoms with Crippen LogP contribution in [0.4, 0.5) is 0 Å². The van der Waals surface area contributed by atoms with Crippen LogP contribution in [0.1, 0.15) is 25.1 Å². The number of hydrogen-bond acceptors (Lipinski definition) is 4. The van der Waals surface area contributed by atoms with E-state index in [1.165, 1.54) is 19.3 Å². The Hall–Kier alpha value is -3.48. The molecule has 1 aliphatic carbocycles. The summed E-state index contributed by atoms with van der Waals surface area (Å²) in [5.74, 6) is 1.71. The first kappa shape index (κ1) is 16.5. The topological polar surface area (TPSA) is 76.7 Å². The second-order valence-corrected chi connectivity index (χ2v) is 7.96. The normalized spacial score (nSPS) is 14.7. The van der Waals surface area contributed by atoms with Crippen LogP contribution in [0.25, 0.3) is 38.8 Å². The molecule has 0 aliphatic heterocycles. The molecule has 0 saturated heterocycles. The number of aromatic amines is 1. The van der Waals surface area contributed by atoms with E-state index in [9.17, 15) is 0 Å². The number of pyridine rings is 1. The van der Waals surface area contributed by atoms with Crippen molar-refractivity contribution in [1.82, 2.24) is 34.3 Å². The Balaban J connectivity index is 1.41. The maximum atomic E-state index is 4.77. The molecular formula is C22H21N7. The number of hydrogen-bond donors (Lipinski definition) is 1. The average molecular weight is 383 g/mol. The Labute approximate surface area is 167 Å². The highest BCUT2D eigenvalue weighted by atomic mass is 15.2. The van der Waals surface area contributed by atoms with Crippen LogP contribution in [0, 0.1) is 5.92 Å². The number of fused-ring (bicyclic) bond motifs is 2. The highest BCUT2D eigenvalue weighted by Gasteiger charge is 2.20. The van der Waals surface area contributed by atoms with E-state index in [4.69, 9.17) is 4.98 Å². The fourth-order valence-corrected chi connectivity index (χ4v) is 4.17. The number of rotatable bonds is 4. The van der Waals surface area contributed by atoms with Crippen molar-refractivity contribution in [3.8, 4) is 22.3 Å². The average Bonchev–Trinajstić information content (AvgIpc) is 3.41. The quantitative estimate of drug-likeness (QED) is 0.509. The van der Waals surface area contributed by atoms with Crippen molar-refractivity contribution < 1.29 is 0 Å². The fourth-order valence-electron chi connectivity index (χ4n) is 4.17. The van der Waals surface area contributed by atoms with Crippen molar-refractivity contribution >= 4 is 16.6 Å². The van der Waals surface area contributed by atoms with Crippen molar-refractivity contribution in [2.75, 3.05) is 0 Å². The molecule has 7 heteroatoms. The van der Waals surface area contributed by atoms with Crippen molar-refractivity contribution in [3.05, 3.63) is 55.1 Å². The maximum absolute atomic E-state index is 4.77. The first-order valence-electron chi connectivity index (χ1n) is 10.0. The molecule has 0 unspecified atom stereocenters. The van der Waals surface area contributed by atoms with Gasteiger partial charge in [0.15, 0.2) is 0 Å². The third kappa shape index (κ3) is 2.73. The number of aromatic nitrogens is 7. The third-order valence-corrected chi connectivity index (χ3v) is 6.03. The number of nitrogens with zero attached hydrogens (tertiary/aromatic N) is 6. The van der Waals surface area contributed by atoms with Crippen LogP contribution in [-0.4, -0.2) is 34.3 Å². The minimum absolute atomic E-state index is 0.761. The van der Waals surface area contributed by atoms with Gasteiger partial charge in [0.1, 0.15) is 11.5 Å². The number of nitrogens with one attached hydrogen (secondary N) is 1. The predicted octanol–water partition coefficient (Wildman–Crippen LogP) is 4.02. The van der Waals surface area contributed by atoms with Gasteiger partial charge >= 0.3 is 0 Å². The zero-order valence-corrected chi connectivity index (χ0v) is 16.2. The molecule has 1 saturated carbocycles. The summed E-state index contributed by atoms with van der Waals surface area (Å²) in [5.41, 5.74) is 6.31. The molecular weight excluding hydrogens is 362 g/mol. The lowest BCUT2D eigenvalue weighted by molar-refractivity contribution is 0.309. The molecule has 0 atom stereocenters. The van der Waals surface area contributed by atoms with Gasteiger partial charge in [0.05, 0.1) is 17.9 Å². The first-order chi connectivity index (χ1) is 14.2. The van der Waals surface area contributed by atoms with Gasteiger partial charge in [-0.05, 0) is 23.6 Å². The molecule has 29 heavy (non-hydrogen) atoms. The van der Waals surface area contributed by atoms with Gasteiger partial charge in [0.25, 0.3) is 0 Å². The number of aryl methyl sites for hydroxylation is 1. The van der Waals surface area contributed by atoms with Gasteiger partial charge in [0, 0.05) is 60.3 Å². The zero-order valence-electron chi connectivity index (χ0n) is 16.2. The van der Waals surface area contributed by atoms with E-state index in [1.807, 2.05) is 48.7 Å². The van der Waals surface area contributed by atoms with Gasteiger partial charge in [0.2, 0.25) is 0 Å². The molecule has 5 heterocycles. The molecule has 5 aromatic heterocycles. The number of H-pyrrole nitrogens is 1. The van der Waals surface area contributed by atoms with Gasteiger partial charge in [-0.1, -0.05) is 19.3 Å².